The lowest BCUT2D eigenvalue weighted by atomic mass is 10.0. The second-order valence-corrected chi connectivity index (χ2v) is 14.8. The first-order valence-corrected chi connectivity index (χ1v) is 21.4. The van der Waals surface area contributed by atoms with Crippen LogP contribution >= 0.6 is 15.9 Å². The van der Waals surface area contributed by atoms with Crippen molar-refractivity contribution in [3.8, 4) is 34.1 Å². The van der Waals surface area contributed by atoms with Gasteiger partial charge in [-0.3, -0.25) is 0 Å². The minimum Gasteiger partial charge on any atom is -0.490 e. The first-order valence-electron chi connectivity index (χ1n) is 20.6. The molecule has 0 aliphatic rings. The molecular weight excluding hydrogens is 672 g/mol. The van der Waals surface area contributed by atoms with E-state index >= 15 is 0 Å². The summed E-state index contributed by atoms with van der Waals surface area (Å²) in [4.78, 5) is 0. The van der Waals surface area contributed by atoms with Gasteiger partial charge in [0.1, 0.15) is 0 Å². The molecule has 0 N–H and O–H groups in total. The van der Waals surface area contributed by atoms with Crippen LogP contribution in [-0.4, -0.2) is 26.4 Å². The minimum absolute atomic E-state index is 0.707. The van der Waals surface area contributed by atoms with Crippen LogP contribution in [0.2, 0.25) is 0 Å². The van der Waals surface area contributed by atoms with Crippen molar-refractivity contribution in [2.24, 2.45) is 0 Å². The highest BCUT2D eigenvalue weighted by atomic mass is 79.9. The van der Waals surface area contributed by atoms with Gasteiger partial charge in [0.15, 0.2) is 23.0 Å². The zero-order chi connectivity index (χ0) is 35.2. The molecule has 0 aromatic heterocycles. The molecule has 5 heteroatoms. The molecule has 0 radical (unpaired) electrons. The van der Waals surface area contributed by atoms with Gasteiger partial charge in [0.2, 0.25) is 0 Å². The number of unbranched alkanes of at least 4 members (excludes halogenated alkanes) is 20. The van der Waals surface area contributed by atoms with Crippen molar-refractivity contribution in [1.82, 2.24) is 0 Å². The van der Waals surface area contributed by atoms with Gasteiger partial charge in [-0.25, -0.2) is 0 Å². The van der Waals surface area contributed by atoms with E-state index in [1.165, 1.54) is 128 Å². The van der Waals surface area contributed by atoms with Gasteiger partial charge in [0, 0.05) is 4.47 Å². The lowest BCUT2D eigenvalue weighted by Crippen LogP contribution is -2.04. The van der Waals surface area contributed by atoms with Gasteiger partial charge in [-0.2, -0.15) is 0 Å². The van der Waals surface area contributed by atoms with Crippen molar-refractivity contribution >= 4 is 15.9 Å². The highest BCUT2D eigenvalue weighted by molar-refractivity contribution is 9.10. The zero-order valence-electron chi connectivity index (χ0n) is 32.2. The van der Waals surface area contributed by atoms with Gasteiger partial charge in [-0.15, -0.1) is 0 Å². The van der Waals surface area contributed by atoms with Crippen molar-refractivity contribution in [2.75, 3.05) is 26.4 Å². The van der Waals surface area contributed by atoms with Gasteiger partial charge in [0.25, 0.3) is 0 Å². The van der Waals surface area contributed by atoms with E-state index in [2.05, 4.69) is 74.0 Å². The minimum atomic E-state index is 0.707. The first kappa shape index (κ1) is 43.3. The van der Waals surface area contributed by atoms with Crippen LogP contribution in [0, 0.1) is 0 Å². The average molecular weight is 746 g/mol. The Morgan fingerprint density at radius 3 is 1.10 bits per heavy atom. The molecule has 0 fully saturated rings. The van der Waals surface area contributed by atoms with Crippen LogP contribution in [0.4, 0.5) is 0 Å². The van der Waals surface area contributed by atoms with Crippen molar-refractivity contribution < 1.29 is 18.9 Å². The van der Waals surface area contributed by atoms with Crippen LogP contribution in [0.25, 0.3) is 11.1 Å². The molecule has 0 atom stereocenters. The Morgan fingerprint density at radius 2 is 0.694 bits per heavy atom. The Balaban J connectivity index is 2.18. The molecule has 4 nitrogen and oxygen atoms in total. The summed E-state index contributed by atoms with van der Waals surface area (Å²) in [6.07, 6.45) is 29.9. The maximum atomic E-state index is 6.44. The molecule has 0 bridgehead atoms. The molecule has 0 saturated carbocycles. The van der Waals surface area contributed by atoms with Crippen molar-refractivity contribution in [3.63, 3.8) is 0 Å². The first-order chi connectivity index (χ1) is 24.1. The predicted octanol–water partition coefficient (Wildman–Crippen LogP) is 15.1. The van der Waals surface area contributed by atoms with Crippen LogP contribution in [0.3, 0.4) is 0 Å². The standard InChI is InChI=1S/C44H73BrO4/c1-5-9-13-17-21-25-31-46-41-30-29-38(35-42(41)47-32-26-22-18-14-10-6-2)39-36-43(48-33-27-23-19-15-11-7-3)44(37-40(39)45)49-34-28-24-20-16-12-8-4/h29-30,35-37H,5-28,31-34H2,1-4H3. The van der Waals surface area contributed by atoms with E-state index in [0.29, 0.717) is 19.8 Å². The molecule has 0 aliphatic heterocycles. The third-order valence-electron chi connectivity index (χ3n) is 9.31. The van der Waals surface area contributed by atoms with Crippen LogP contribution in [0.1, 0.15) is 182 Å². The number of rotatable bonds is 33. The molecule has 0 spiro atoms. The van der Waals surface area contributed by atoms with E-state index in [1.807, 2.05) is 0 Å². The van der Waals surface area contributed by atoms with Crippen molar-refractivity contribution in [1.29, 1.82) is 0 Å². The van der Waals surface area contributed by atoms with Gasteiger partial charge in [-0.05, 0) is 61.1 Å². The summed E-state index contributed by atoms with van der Waals surface area (Å²) in [5, 5.41) is 0. The Kier molecular flexibility index (Phi) is 26.3. The third-order valence-corrected chi connectivity index (χ3v) is 9.97. The summed E-state index contributed by atoms with van der Waals surface area (Å²) in [7, 11) is 0. The van der Waals surface area contributed by atoms with Gasteiger partial charge in [0.05, 0.1) is 26.4 Å². The fourth-order valence-corrected chi connectivity index (χ4v) is 6.70. The van der Waals surface area contributed by atoms with Gasteiger partial charge < -0.3 is 18.9 Å². The quantitative estimate of drug-likeness (QED) is 0.0682. The molecule has 0 saturated heterocycles. The molecule has 0 aliphatic carbocycles. The summed E-state index contributed by atoms with van der Waals surface area (Å²) in [5.74, 6) is 3.34. The zero-order valence-corrected chi connectivity index (χ0v) is 33.8. The second-order valence-electron chi connectivity index (χ2n) is 13.9. The Bertz CT molecular complexity index is 1070. The highest BCUT2D eigenvalue weighted by Gasteiger charge is 2.16. The van der Waals surface area contributed by atoms with Crippen LogP contribution < -0.4 is 18.9 Å². The molecule has 0 heterocycles. The predicted molar refractivity (Wildman–Crippen MR) is 215 cm³/mol. The van der Waals surface area contributed by atoms with E-state index in [0.717, 1.165) is 70.9 Å². The molecule has 2 aromatic carbocycles. The Labute approximate surface area is 310 Å². The van der Waals surface area contributed by atoms with Gasteiger partial charge >= 0.3 is 0 Å². The van der Waals surface area contributed by atoms with E-state index in [1.54, 1.807) is 0 Å². The van der Waals surface area contributed by atoms with Crippen LogP contribution in [0.5, 0.6) is 23.0 Å². The lowest BCUT2D eigenvalue weighted by molar-refractivity contribution is 0.258. The molecule has 280 valence electrons. The summed E-state index contributed by atoms with van der Waals surface area (Å²) < 4.78 is 26.6. The SMILES string of the molecule is CCCCCCCCOc1ccc(-c2cc(OCCCCCCCC)c(OCCCCCCCC)cc2Br)cc1OCCCCCCCC. The summed E-state index contributed by atoms with van der Waals surface area (Å²) in [6, 6.07) is 10.7. The summed E-state index contributed by atoms with van der Waals surface area (Å²) in [5.41, 5.74) is 2.17. The molecule has 2 rings (SSSR count). The maximum Gasteiger partial charge on any atom is 0.162 e. The molecule has 0 amide bonds. The monoisotopic (exact) mass is 744 g/mol. The van der Waals surface area contributed by atoms with Crippen LogP contribution in [-0.2, 0) is 0 Å². The normalized spacial score (nSPS) is 11.2. The number of ether oxygens (including phenoxy) is 4. The van der Waals surface area contributed by atoms with E-state index in [-0.39, 0.29) is 0 Å². The van der Waals surface area contributed by atoms with Crippen LogP contribution in [0.15, 0.2) is 34.8 Å². The number of benzene rings is 2. The lowest BCUT2D eigenvalue weighted by Gasteiger charge is -2.18. The second kappa shape index (κ2) is 29.8. The third kappa shape index (κ3) is 19.9. The van der Waals surface area contributed by atoms with E-state index in [4.69, 9.17) is 18.9 Å². The Morgan fingerprint density at radius 1 is 0.367 bits per heavy atom. The largest absolute Gasteiger partial charge is 0.490 e. The smallest absolute Gasteiger partial charge is 0.162 e. The summed E-state index contributed by atoms with van der Waals surface area (Å²) in [6.45, 7) is 11.9. The topological polar surface area (TPSA) is 36.9 Å². The van der Waals surface area contributed by atoms with Crippen molar-refractivity contribution in [3.05, 3.63) is 34.8 Å². The Hall–Kier alpha value is -1.88. The fourth-order valence-electron chi connectivity index (χ4n) is 6.15. The highest BCUT2D eigenvalue weighted by Crippen LogP contribution is 2.42. The number of hydrogen-bond acceptors (Lipinski definition) is 4. The molecule has 2 aromatic rings. The number of halogens is 1. The molecular formula is C44H73BrO4. The molecule has 49 heavy (non-hydrogen) atoms. The van der Waals surface area contributed by atoms with Gasteiger partial charge in [-0.1, -0.05) is 178 Å². The summed E-state index contributed by atoms with van der Waals surface area (Å²) >= 11 is 3.89. The fraction of sp³-hybridized carbons (Fsp3) is 0.727. The molecule has 0 unspecified atom stereocenters. The van der Waals surface area contributed by atoms with Crippen molar-refractivity contribution in [2.45, 2.75) is 182 Å². The number of hydrogen-bond donors (Lipinski definition) is 0. The average Bonchev–Trinajstić information content (AvgIpc) is 3.11. The van der Waals surface area contributed by atoms with E-state index < -0.39 is 0 Å². The maximum absolute atomic E-state index is 6.44. The van der Waals surface area contributed by atoms with E-state index in [9.17, 15) is 0 Å².